The molecule has 2 heterocycles. The molecule has 0 amide bonds. The van der Waals surface area contributed by atoms with Crippen molar-refractivity contribution in [3.05, 3.63) is 48.0 Å². The number of aryl methyl sites for hydroxylation is 1. The molecule has 180 valence electrons. The highest BCUT2D eigenvalue weighted by Crippen LogP contribution is 2.36. The summed E-state index contributed by atoms with van der Waals surface area (Å²) in [7, 11) is -0.260. The van der Waals surface area contributed by atoms with E-state index in [-0.39, 0.29) is 5.75 Å². The number of hydrogen-bond donors (Lipinski definition) is 0. The average Bonchev–Trinajstić information content (AvgIpc) is 3.20. The highest BCUT2D eigenvalue weighted by molar-refractivity contribution is 7.92. The number of rotatable bonds is 8. The molecule has 0 N–H and O–H groups in total. The Bertz CT molecular complexity index is 1300. The van der Waals surface area contributed by atoms with Crippen LogP contribution in [0.4, 0.5) is 5.69 Å². The summed E-state index contributed by atoms with van der Waals surface area (Å²) in [6.07, 6.45) is 0. The molecule has 1 aliphatic rings. The Morgan fingerprint density at radius 2 is 1.85 bits per heavy atom. The lowest BCUT2D eigenvalue weighted by molar-refractivity contribution is 0.0408. The SMILES string of the molecule is CCn1c(-c2ccc(N(C)S(=O)(=O)CCN3CCOCC3)cc2)c(C#N)c2ccc(OC)cc21. The Morgan fingerprint density at radius 1 is 1.15 bits per heavy atom. The minimum absolute atomic E-state index is 0.0513. The second kappa shape index (κ2) is 10.1. The van der Waals surface area contributed by atoms with Gasteiger partial charge in [0.1, 0.15) is 11.8 Å². The van der Waals surface area contributed by atoms with E-state index in [9.17, 15) is 13.7 Å². The topological polar surface area (TPSA) is 87.8 Å². The number of benzene rings is 2. The van der Waals surface area contributed by atoms with Gasteiger partial charge >= 0.3 is 0 Å². The molecule has 1 aromatic heterocycles. The van der Waals surface area contributed by atoms with E-state index in [1.807, 2.05) is 37.3 Å². The van der Waals surface area contributed by atoms with Crippen LogP contribution in [0.3, 0.4) is 0 Å². The first-order valence-electron chi connectivity index (χ1n) is 11.4. The Morgan fingerprint density at radius 3 is 2.47 bits per heavy atom. The van der Waals surface area contributed by atoms with E-state index in [1.165, 1.54) is 4.31 Å². The van der Waals surface area contributed by atoms with E-state index in [1.54, 1.807) is 26.3 Å². The van der Waals surface area contributed by atoms with Crippen molar-refractivity contribution in [3.63, 3.8) is 0 Å². The number of methoxy groups -OCH3 is 1. The number of nitrogens with zero attached hydrogens (tertiary/aromatic N) is 4. The first-order valence-corrected chi connectivity index (χ1v) is 13.0. The number of aromatic nitrogens is 1. The minimum Gasteiger partial charge on any atom is -0.497 e. The van der Waals surface area contributed by atoms with Crippen LogP contribution in [0.1, 0.15) is 12.5 Å². The standard InChI is InChI=1S/C25H30N4O4S/c1-4-29-24-17-21(32-3)9-10-22(24)23(18-26)25(29)19-5-7-20(8-6-19)27(2)34(30,31)16-13-28-11-14-33-15-12-28/h5-10,17H,4,11-16H2,1-3H3. The summed E-state index contributed by atoms with van der Waals surface area (Å²) in [6.45, 7) is 6.00. The lowest BCUT2D eigenvalue weighted by atomic mass is 10.1. The molecule has 1 aliphatic heterocycles. The highest BCUT2D eigenvalue weighted by Gasteiger charge is 2.22. The van der Waals surface area contributed by atoms with E-state index in [0.717, 1.165) is 41.0 Å². The third kappa shape index (κ3) is 4.62. The number of anilines is 1. The number of morpholine rings is 1. The molecule has 1 fully saturated rings. The normalized spacial score (nSPS) is 14.8. The summed E-state index contributed by atoms with van der Waals surface area (Å²) in [5.41, 5.74) is 3.79. The minimum atomic E-state index is -3.46. The van der Waals surface area contributed by atoms with E-state index >= 15 is 0 Å². The van der Waals surface area contributed by atoms with Gasteiger partial charge < -0.3 is 14.0 Å². The zero-order chi connectivity index (χ0) is 24.3. The Labute approximate surface area is 200 Å². The van der Waals surface area contributed by atoms with E-state index in [0.29, 0.717) is 37.6 Å². The van der Waals surface area contributed by atoms with Gasteiger partial charge in [-0.05, 0) is 36.8 Å². The van der Waals surface area contributed by atoms with Gasteiger partial charge in [-0.25, -0.2) is 8.42 Å². The van der Waals surface area contributed by atoms with Gasteiger partial charge in [-0.15, -0.1) is 0 Å². The van der Waals surface area contributed by atoms with Gasteiger partial charge in [0.2, 0.25) is 10.0 Å². The monoisotopic (exact) mass is 482 g/mol. The molecule has 8 nitrogen and oxygen atoms in total. The summed E-state index contributed by atoms with van der Waals surface area (Å²) >= 11 is 0. The number of nitriles is 1. The molecule has 0 aliphatic carbocycles. The van der Waals surface area contributed by atoms with Crippen molar-refractivity contribution >= 4 is 26.6 Å². The van der Waals surface area contributed by atoms with Crippen LogP contribution in [0.15, 0.2) is 42.5 Å². The quantitative estimate of drug-likeness (QED) is 0.490. The molecule has 0 atom stereocenters. The maximum Gasteiger partial charge on any atom is 0.236 e. The van der Waals surface area contributed by atoms with E-state index in [2.05, 4.69) is 15.5 Å². The fraction of sp³-hybridized carbons (Fsp3) is 0.400. The first-order chi connectivity index (χ1) is 16.4. The zero-order valence-corrected chi connectivity index (χ0v) is 20.6. The van der Waals surface area contributed by atoms with Crippen LogP contribution < -0.4 is 9.04 Å². The molecule has 2 aromatic carbocycles. The first kappa shape index (κ1) is 24.1. The molecule has 0 spiro atoms. The predicted molar refractivity (Wildman–Crippen MR) is 134 cm³/mol. The van der Waals surface area contributed by atoms with Crippen molar-refractivity contribution in [2.75, 3.05) is 57.1 Å². The Hall–Kier alpha value is -3.06. The van der Waals surface area contributed by atoms with Crippen LogP contribution in [0.25, 0.3) is 22.2 Å². The third-order valence-electron chi connectivity index (χ3n) is 6.39. The number of fused-ring (bicyclic) bond motifs is 1. The molecule has 0 unspecified atom stereocenters. The van der Waals surface area contributed by atoms with Crippen molar-refractivity contribution in [1.29, 1.82) is 5.26 Å². The second-order valence-corrected chi connectivity index (χ2v) is 10.4. The van der Waals surface area contributed by atoms with Crippen LogP contribution in [-0.2, 0) is 21.3 Å². The van der Waals surface area contributed by atoms with Crippen molar-refractivity contribution in [2.45, 2.75) is 13.5 Å². The van der Waals surface area contributed by atoms with Gasteiger partial charge in [-0.2, -0.15) is 5.26 Å². The van der Waals surface area contributed by atoms with Crippen molar-refractivity contribution < 1.29 is 17.9 Å². The van der Waals surface area contributed by atoms with Crippen LogP contribution in [0, 0.1) is 11.3 Å². The summed E-state index contributed by atoms with van der Waals surface area (Å²) in [5.74, 6) is 0.783. The third-order valence-corrected chi connectivity index (χ3v) is 8.13. The molecule has 1 saturated heterocycles. The summed E-state index contributed by atoms with van der Waals surface area (Å²) < 4.78 is 40.0. The number of ether oxygens (including phenoxy) is 2. The summed E-state index contributed by atoms with van der Waals surface area (Å²) in [5, 5.41) is 10.8. The highest BCUT2D eigenvalue weighted by atomic mass is 32.2. The largest absolute Gasteiger partial charge is 0.497 e. The van der Waals surface area contributed by atoms with Gasteiger partial charge in [-0.1, -0.05) is 12.1 Å². The number of hydrogen-bond acceptors (Lipinski definition) is 6. The summed E-state index contributed by atoms with van der Waals surface area (Å²) in [6, 6.07) is 15.4. The molecule has 0 saturated carbocycles. The molecule has 0 radical (unpaired) electrons. The van der Waals surface area contributed by atoms with Crippen molar-refractivity contribution in [2.24, 2.45) is 0 Å². The molecule has 4 rings (SSSR count). The molecular weight excluding hydrogens is 452 g/mol. The van der Waals surface area contributed by atoms with Crippen LogP contribution in [0.5, 0.6) is 5.75 Å². The maximum absolute atomic E-state index is 12.9. The van der Waals surface area contributed by atoms with Crippen molar-refractivity contribution in [1.82, 2.24) is 9.47 Å². The average molecular weight is 483 g/mol. The molecule has 9 heteroatoms. The van der Waals surface area contributed by atoms with Crippen molar-refractivity contribution in [3.8, 4) is 23.1 Å². The van der Waals surface area contributed by atoms with Crippen LogP contribution in [-0.4, -0.2) is 70.6 Å². The lowest BCUT2D eigenvalue weighted by Gasteiger charge is -2.27. The fourth-order valence-electron chi connectivity index (χ4n) is 4.39. The smallest absolute Gasteiger partial charge is 0.236 e. The van der Waals surface area contributed by atoms with Gasteiger partial charge in [-0.3, -0.25) is 9.21 Å². The zero-order valence-electron chi connectivity index (χ0n) is 19.8. The molecular formula is C25H30N4O4S. The molecule has 0 bridgehead atoms. The van der Waals surface area contributed by atoms with Crippen LogP contribution in [0.2, 0.25) is 0 Å². The molecule has 3 aromatic rings. The number of sulfonamides is 1. The van der Waals surface area contributed by atoms with E-state index < -0.39 is 10.0 Å². The van der Waals surface area contributed by atoms with Gasteiger partial charge in [0.25, 0.3) is 0 Å². The summed E-state index contributed by atoms with van der Waals surface area (Å²) in [4.78, 5) is 2.11. The lowest BCUT2D eigenvalue weighted by Crippen LogP contribution is -2.41. The second-order valence-electron chi connectivity index (χ2n) is 8.25. The van der Waals surface area contributed by atoms with Crippen LogP contribution >= 0.6 is 0 Å². The Kier molecular flexibility index (Phi) is 7.12. The predicted octanol–water partition coefficient (Wildman–Crippen LogP) is 3.31. The Balaban J connectivity index is 1.61. The van der Waals surface area contributed by atoms with Gasteiger partial charge in [0.05, 0.1) is 48.5 Å². The molecule has 34 heavy (non-hydrogen) atoms. The fourth-order valence-corrected chi connectivity index (χ4v) is 5.60. The maximum atomic E-state index is 12.9. The van der Waals surface area contributed by atoms with Gasteiger partial charge in [0.15, 0.2) is 0 Å². The van der Waals surface area contributed by atoms with Gasteiger partial charge in [0, 0.05) is 44.7 Å². The van der Waals surface area contributed by atoms with E-state index in [4.69, 9.17) is 9.47 Å².